The molecule has 2 aromatic heterocycles. The third-order valence-electron chi connectivity index (χ3n) is 3.14. The van der Waals surface area contributed by atoms with Crippen LogP contribution in [0.25, 0.3) is 10.6 Å². The van der Waals surface area contributed by atoms with Crippen molar-refractivity contribution in [3.63, 3.8) is 0 Å². The van der Waals surface area contributed by atoms with Gasteiger partial charge in [-0.15, -0.1) is 11.3 Å². The first-order valence-corrected chi connectivity index (χ1v) is 7.68. The number of para-hydroxylation sites is 2. The van der Waals surface area contributed by atoms with Crippen LogP contribution < -0.4 is 15.8 Å². The number of nitrogens with two attached hydrogens (primary N) is 1. The molecule has 0 radical (unpaired) electrons. The maximum absolute atomic E-state index is 12.5. The number of thiophene rings is 1. The van der Waals surface area contributed by atoms with Crippen molar-refractivity contribution in [1.29, 1.82) is 0 Å². The monoisotopic (exact) mass is 328 g/mol. The number of nitrogen functional groups attached to an aromatic ring is 1. The van der Waals surface area contributed by atoms with Crippen LogP contribution >= 0.6 is 11.3 Å². The predicted octanol–water partition coefficient (Wildman–Crippen LogP) is 3.29. The first-order chi connectivity index (χ1) is 11.2. The lowest BCUT2D eigenvalue weighted by atomic mass is 10.2. The van der Waals surface area contributed by atoms with Gasteiger partial charge in [-0.25, -0.2) is 9.97 Å². The van der Waals surface area contributed by atoms with Gasteiger partial charge in [-0.05, 0) is 23.6 Å². The maximum Gasteiger partial charge on any atom is 0.278 e. The molecule has 0 saturated heterocycles. The van der Waals surface area contributed by atoms with Crippen molar-refractivity contribution in [2.45, 2.75) is 0 Å². The van der Waals surface area contributed by atoms with Crippen LogP contribution in [0.15, 0.2) is 48.0 Å². The molecule has 0 spiro atoms. The van der Waals surface area contributed by atoms with Gasteiger partial charge in [0, 0.05) is 1.43 Å². The van der Waals surface area contributed by atoms with E-state index in [2.05, 4.69) is 15.3 Å². The molecule has 0 atom stereocenters. The van der Waals surface area contributed by atoms with Crippen molar-refractivity contribution in [2.75, 3.05) is 18.2 Å². The van der Waals surface area contributed by atoms with Gasteiger partial charge in [0.25, 0.3) is 5.91 Å². The number of carbonyl (C=O) groups excluding carboxylic acids is 1. The lowest BCUT2D eigenvalue weighted by molar-refractivity contribution is 0.102. The highest BCUT2D eigenvalue weighted by atomic mass is 32.1. The maximum atomic E-state index is 12.5. The quantitative estimate of drug-likeness (QED) is 0.767. The number of hydrogen-bond acceptors (Lipinski definition) is 6. The van der Waals surface area contributed by atoms with E-state index >= 15 is 0 Å². The van der Waals surface area contributed by atoms with Crippen LogP contribution in [0.5, 0.6) is 5.75 Å². The van der Waals surface area contributed by atoms with Crippen molar-refractivity contribution in [3.05, 3.63) is 53.7 Å². The largest absolute Gasteiger partial charge is 0.495 e. The highest BCUT2D eigenvalue weighted by Gasteiger charge is 2.16. The fourth-order valence-corrected chi connectivity index (χ4v) is 2.72. The average molecular weight is 328 g/mol. The summed E-state index contributed by atoms with van der Waals surface area (Å²) in [5.41, 5.74) is 7.05. The van der Waals surface area contributed by atoms with E-state index in [1.807, 2.05) is 23.6 Å². The summed E-state index contributed by atoms with van der Waals surface area (Å²) in [6, 6.07) is 10.9. The Labute approximate surface area is 138 Å². The molecular weight excluding hydrogens is 312 g/mol. The van der Waals surface area contributed by atoms with Gasteiger partial charge in [-0.1, -0.05) is 18.2 Å². The van der Waals surface area contributed by atoms with Crippen molar-refractivity contribution >= 4 is 28.7 Å². The summed E-state index contributed by atoms with van der Waals surface area (Å²) < 4.78 is 5.21. The minimum atomic E-state index is -0.432. The second-order valence-electron chi connectivity index (χ2n) is 4.62. The summed E-state index contributed by atoms with van der Waals surface area (Å²) in [5.74, 6) is 0.206. The molecule has 3 N–H and O–H groups in total. The molecule has 1 aromatic carbocycles. The Bertz CT molecular complexity index is 840. The van der Waals surface area contributed by atoms with E-state index in [-0.39, 0.29) is 12.9 Å². The third-order valence-corrected chi connectivity index (χ3v) is 4.04. The number of benzene rings is 1. The Balaban J connectivity index is 0.00000208. The SMILES string of the molecule is COc1ccccc1NC(=O)c1nc(-c2cccs2)cnc1N.[HH]. The minimum Gasteiger partial charge on any atom is -0.495 e. The summed E-state index contributed by atoms with van der Waals surface area (Å²) in [6.45, 7) is 0. The van der Waals surface area contributed by atoms with Crippen molar-refractivity contribution in [1.82, 2.24) is 9.97 Å². The summed E-state index contributed by atoms with van der Waals surface area (Å²) in [5, 5.41) is 4.68. The van der Waals surface area contributed by atoms with E-state index in [0.717, 1.165) is 4.88 Å². The van der Waals surface area contributed by atoms with Crippen LogP contribution in [-0.2, 0) is 0 Å². The molecule has 3 rings (SSSR count). The summed E-state index contributed by atoms with van der Waals surface area (Å²) >= 11 is 1.52. The molecule has 2 heterocycles. The van der Waals surface area contributed by atoms with Crippen LogP contribution in [0.4, 0.5) is 11.5 Å². The number of aromatic nitrogens is 2. The molecule has 0 aliphatic rings. The van der Waals surface area contributed by atoms with Gasteiger partial charge in [0.05, 0.1) is 29.6 Å². The fraction of sp³-hybridized carbons (Fsp3) is 0.0625. The molecule has 23 heavy (non-hydrogen) atoms. The zero-order valence-corrected chi connectivity index (χ0v) is 13.1. The molecule has 0 bridgehead atoms. The van der Waals surface area contributed by atoms with E-state index in [1.165, 1.54) is 18.4 Å². The van der Waals surface area contributed by atoms with E-state index in [9.17, 15) is 4.79 Å². The Morgan fingerprint density at radius 1 is 1.30 bits per heavy atom. The highest BCUT2D eigenvalue weighted by molar-refractivity contribution is 7.13. The van der Waals surface area contributed by atoms with Crippen LogP contribution in [-0.4, -0.2) is 23.0 Å². The highest BCUT2D eigenvalue weighted by Crippen LogP contribution is 2.26. The fourth-order valence-electron chi connectivity index (χ4n) is 2.04. The number of amides is 1. The number of rotatable bonds is 4. The van der Waals surface area contributed by atoms with Crippen LogP contribution in [0.1, 0.15) is 11.9 Å². The molecular formula is C16H16N4O2S. The Hall–Kier alpha value is -2.93. The van der Waals surface area contributed by atoms with Gasteiger partial charge in [-0.2, -0.15) is 0 Å². The number of methoxy groups -OCH3 is 1. The summed E-state index contributed by atoms with van der Waals surface area (Å²) in [6.07, 6.45) is 1.56. The molecule has 0 unspecified atom stereocenters. The molecule has 0 aliphatic carbocycles. The van der Waals surface area contributed by atoms with Crippen LogP contribution in [0.2, 0.25) is 0 Å². The Kier molecular flexibility index (Phi) is 4.20. The molecule has 7 heteroatoms. The number of nitrogens with one attached hydrogen (secondary N) is 1. The predicted molar refractivity (Wildman–Crippen MR) is 92.8 cm³/mol. The molecule has 0 saturated carbocycles. The average Bonchev–Trinajstić information content (AvgIpc) is 3.10. The van der Waals surface area contributed by atoms with Gasteiger partial charge in [0.1, 0.15) is 5.75 Å². The number of ether oxygens (including phenoxy) is 1. The van der Waals surface area contributed by atoms with Crippen molar-refractivity contribution in [2.24, 2.45) is 0 Å². The van der Waals surface area contributed by atoms with Gasteiger partial charge in [0.2, 0.25) is 0 Å². The van der Waals surface area contributed by atoms with Crippen LogP contribution in [0, 0.1) is 0 Å². The lowest BCUT2D eigenvalue weighted by Gasteiger charge is -2.10. The smallest absolute Gasteiger partial charge is 0.278 e. The second kappa shape index (κ2) is 6.45. The Morgan fingerprint density at radius 3 is 2.87 bits per heavy atom. The molecule has 118 valence electrons. The first-order valence-electron chi connectivity index (χ1n) is 6.80. The number of hydrogen-bond donors (Lipinski definition) is 2. The molecule has 6 nitrogen and oxygen atoms in total. The zero-order chi connectivity index (χ0) is 16.2. The van der Waals surface area contributed by atoms with Crippen molar-refractivity contribution in [3.8, 4) is 16.3 Å². The molecule has 1 amide bonds. The number of anilines is 2. The topological polar surface area (TPSA) is 90.1 Å². The van der Waals surface area contributed by atoms with Gasteiger partial charge < -0.3 is 15.8 Å². The summed E-state index contributed by atoms with van der Waals surface area (Å²) in [4.78, 5) is 21.8. The second-order valence-corrected chi connectivity index (χ2v) is 5.57. The minimum absolute atomic E-state index is 0. The van der Waals surface area contributed by atoms with Crippen LogP contribution in [0.3, 0.4) is 0 Å². The number of nitrogens with zero attached hydrogens (tertiary/aromatic N) is 2. The number of carbonyl (C=O) groups is 1. The third kappa shape index (κ3) is 3.14. The van der Waals surface area contributed by atoms with E-state index in [0.29, 0.717) is 17.1 Å². The molecule has 3 aromatic rings. The van der Waals surface area contributed by atoms with E-state index < -0.39 is 5.91 Å². The normalized spacial score (nSPS) is 10.3. The van der Waals surface area contributed by atoms with Gasteiger partial charge in [-0.3, -0.25) is 4.79 Å². The van der Waals surface area contributed by atoms with E-state index in [1.54, 1.807) is 24.4 Å². The first kappa shape index (κ1) is 15.0. The Morgan fingerprint density at radius 2 is 2.13 bits per heavy atom. The standard InChI is InChI=1S/C16H14N4O2S.H2/c1-22-12-6-3-2-5-10(12)20-16(21)14-15(17)18-9-11(19-14)13-7-4-8-23-13;/h2-9H,1H3,(H2,17,18)(H,20,21);1H. The van der Waals surface area contributed by atoms with Crippen molar-refractivity contribution < 1.29 is 11.0 Å². The van der Waals surface area contributed by atoms with Gasteiger partial charge in [0.15, 0.2) is 11.5 Å². The molecule has 0 aliphatic heterocycles. The van der Waals surface area contributed by atoms with Gasteiger partial charge >= 0.3 is 0 Å². The molecule has 0 fully saturated rings. The lowest BCUT2D eigenvalue weighted by Crippen LogP contribution is -2.17. The summed E-state index contributed by atoms with van der Waals surface area (Å²) in [7, 11) is 1.54. The van der Waals surface area contributed by atoms with E-state index in [4.69, 9.17) is 10.5 Å². The zero-order valence-electron chi connectivity index (χ0n) is 12.3.